The fourth-order valence-electron chi connectivity index (χ4n) is 5.20. The maximum atomic E-state index is 6.63. The molecular formula is C30H33ClO3. The first-order chi connectivity index (χ1) is 16.5. The van der Waals surface area contributed by atoms with Crippen LogP contribution < -0.4 is 0 Å². The second kappa shape index (κ2) is 10.2. The Balaban J connectivity index is 1.33. The summed E-state index contributed by atoms with van der Waals surface area (Å²) in [5, 5.41) is 0.799. The zero-order chi connectivity index (χ0) is 23.7. The van der Waals surface area contributed by atoms with E-state index < -0.39 is 0 Å². The molecule has 2 aliphatic rings. The van der Waals surface area contributed by atoms with Crippen molar-refractivity contribution in [2.75, 3.05) is 6.61 Å². The van der Waals surface area contributed by atoms with E-state index in [1.165, 1.54) is 16.7 Å². The highest BCUT2D eigenvalue weighted by molar-refractivity contribution is 6.31. The summed E-state index contributed by atoms with van der Waals surface area (Å²) >= 11 is 6.61. The van der Waals surface area contributed by atoms with Gasteiger partial charge in [0.15, 0.2) is 6.29 Å². The van der Waals surface area contributed by atoms with Crippen LogP contribution in [0.5, 0.6) is 0 Å². The SMILES string of the molecule is CCc1ccc(Cc2cc(C3OC4COC(c5ccccc5)OC4C(C)C3C)ccc2Cl)cc1. The quantitative estimate of drug-likeness (QED) is 0.386. The first-order valence-corrected chi connectivity index (χ1v) is 12.7. The highest BCUT2D eigenvalue weighted by atomic mass is 35.5. The average Bonchev–Trinajstić information content (AvgIpc) is 2.88. The summed E-state index contributed by atoms with van der Waals surface area (Å²) in [4.78, 5) is 0. The first kappa shape index (κ1) is 23.6. The van der Waals surface area contributed by atoms with Gasteiger partial charge in [-0.05, 0) is 53.0 Å². The molecule has 6 atom stereocenters. The van der Waals surface area contributed by atoms with Crippen LogP contribution in [-0.4, -0.2) is 18.8 Å². The van der Waals surface area contributed by atoms with Gasteiger partial charge < -0.3 is 14.2 Å². The van der Waals surface area contributed by atoms with Crippen LogP contribution in [0.1, 0.15) is 61.0 Å². The molecule has 0 aromatic heterocycles. The molecule has 178 valence electrons. The van der Waals surface area contributed by atoms with Crippen LogP contribution in [0.4, 0.5) is 0 Å². The Hall–Kier alpha value is -2.17. The minimum Gasteiger partial charge on any atom is -0.365 e. The number of aryl methyl sites for hydroxylation is 1. The Bertz CT molecular complexity index is 1100. The van der Waals surface area contributed by atoms with Crippen molar-refractivity contribution in [3.05, 3.63) is 106 Å². The van der Waals surface area contributed by atoms with Gasteiger partial charge in [0.2, 0.25) is 0 Å². The van der Waals surface area contributed by atoms with Gasteiger partial charge in [-0.1, -0.05) is 99.1 Å². The Morgan fingerprint density at radius 1 is 0.824 bits per heavy atom. The fourth-order valence-corrected chi connectivity index (χ4v) is 5.38. The minimum absolute atomic E-state index is 0.00839. The van der Waals surface area contributed by atoms with Crippen LogP contribution in [0.2, 0.25) is 5.02 Å². The zero-order valence-electron chi connectivity index (χ0n) is 20.1. The molecule has 2 heterocycles. The molecule has 2 saturated heterocycles. The minimum atomic E-state index is -0.335. The molecule has 0 spiro atoms. The molecule has 3 aromatic carbocycles. The van der Waals surface area contributed by atoms with E-state index in [4.69, 9.17) is 25.8 Å². The van der Waals surface area contributed by atoms with Crippen molar-refractivity contribution >= 4 is 11.6 Å². The molecule has 0 aliphatic carbocycles. The van der Waals surface area contributed by atoms with Gasteiger partial charge in [0.1, 0.15) is 6.10 Å². The van der Waals surface area contributed by atoms with E-state index in [0.29, 0.717) is 18.4 Å². The third-order valence-electron chi connectivity index (χ3n) is 7.50. The molecule has 2 fully saturated rings. The van der Waals surface area contributed by atoms with Gasteiger partial charge >= 0.3 is 0 Å². The topological polar surface area (TPSA) is 27.7 Å². The molecule has 0 amide bonds. The predicted octanol–water partition coefficient (Wildman–Crippen LogP) is 7.32. The number of halogens is 1. The Kier molecular flexibility index (Phi) is 7.08. The summed E-state index contributed by atoms with van der Waals surface area (Å²) in [7, 11) is 0. The molecule has 0 radical (unpaired) electrons. The van der Waals surface area contributed by atoms with Crippen LogP contribution in [0.3, 0.4) is 0 Å². The average molecular weight is 477 g/mol. The van der Waals surface area contributed by atoms with E-state index in [1.807, 2.05) is 24.3 Å². The lowest BCUT2D eigenvalue weighted by atomic mass is 9.78. The van der Waals surface area contributed by atoms with Gasteiger partial charge in [-0.3, -0.25) is 0 Å². The van der Waals surface area contributed by atoms with Crippen molar-refractivity contribution in [2.24, 2.45) is 11.8 Å². The molecule has 34 heavy (non-hydrogen) atoms. The molecule has 3 nitrogen and oxygen atoms in total. The van der Waals surface area contributed by atoms with Crippen molar-refractivity contribution in [3.8, 4) is 0 Å². The molecule has 3 aromatic rings. The van der Waals surface area contributed by atoms with E-state index in [0.717, 1.165) is 29.0 Å². The monoisotopic (exact) mass is 476 g/mol. The zero-order valence-corrected chi connectivity index (χ0v) is 20.9. The third kappa shape index (κ3) is 4.81. The number of benzene rings is 3. The van der Waals surface area contributed by atoms with Crippen molar-refractivity contribution in [2.45, 2.75) is 58.2 Å². The molecule has 0 N–H and O–H groups in total. The normalized spacial score (nSPS) is 28.9. The Labute approximate surface area is 208 Å². The third-order valence-corrected chi connectivity index (χ3v) is 7.87. The van der Waals surface area contributed by atoms with Crippen LogP contribution in [0.25, 0.3) is 0 Å². The number of hydrogen-bond donors (Lipinski definition) is 0. The lowest BCUT2D eigenvalue weighted by molar-refractivity contribution is -0.311. The van der Waals surface area contributed by atoms with E-state index in [1.54, 1.807) is 0 Å². The van der Waals surface area contributed by atoms with E-state index in [-0.39, 0.29) is 24.6 Å². The van der Waals surface area contributed by atoms with Crippen molar-refractivity contribution < 1.29 is 14.2 Å². The van der Waals surface area contributed by atoms with E-state index >= 15 is 0 Å². The highest BCUT2D eigenvalue weighted by Gasteiger charge is 2.46. The van der Waals surface area contributed by atoms with Crippen LogP contribution in [-0.2, 0) is 27.1 Å². The van der Waals surface area contributed by atoms with Gasteiger partial charge in [0.05, 0.1) is 18.8 Å². The lowest BCUT2D eigenvalue weighted by Crippen LogP contribution is -2.52. The smallest absolute Gasteiger partial charge is 0.184 e. The summed E-state index contributed by atoms with van der Waals surface area (Å²) in [6, 6.07) is 25.3. The number of fused-ring (bicyclic) bond motifs is 1. The summed E-state index contributed by atoms with van der Waals surface area (Å²) < 4.78 is 19.1. The van der Waals surface area contributed by atoms with Crippen molar-refractivity contribution in [1.82, 2.24) is 0 Å². The lowest BCUT2D eigenvalue weighted by Gasteiger charge is -2.48. The molecular weight excluding hydrogens is 444 g/mol. The van der Waals surface area contributed by atoms with Crippen molar-refractivity contribution in [1.29, 1.82) is 0 Å². The molecule has 0 saturated carbocycles. The highest BCUT2D eigenvalue weighted by Crippen LogP contribution is 2.45. The maximum Gasteiger partial charge on any atom is 0.184 e. The molecule has 0 bridgehead atoms. The number of hydrogen-bond acceptors (Lipinski definition) is 3. The largest absolute Gasteiger partial charge is 0.365 e. The number of ether oxygens (including phenoxy) is 3. The fraction of sp³-hybridized carbons (Fsp3) is 0.400. The second-order valence-corrected chi connectivity index (χ2v) is 10.1. The van der Waals surface area contributed by atoms with Crippen LogP contribution in [0.15, 0.2) is 72.8 Å². The summed E-state index contributed by atoms with van der Waals surface area (Å²) in [6.45, 7) is 7.25. The Morgan fingerprint density at radius 2 is 1.56 bits per heavy atom. The number of rotatable bonds is 5. The van der Waals surface area contributed by atoms with Gasteiger partial charge in [-0.15, -0.1) is 0 Å². The van der Waals surface area contributed by atoms with Gasteiger partial charge in [0.25, 0.3) is 0 Å². The first-order valence-electron chi connectivity index (χ1n) is 12.4. The summed E-state index contributed by atoms with van der Waals surface area (Å²) in [6.07, 6.45) is 1.43. The second-order valence-electron chi connectivity index (χ2n) is 9.69. The van der Waals surface area contributed by atoms with Gasteiger partial charge in [-0.2, -0.15) is 0 Å². The maximum absolute atomic E-state index is 6.63. The standard InChI is InChI=1S/C30H33ClO3/c1-4-21-10-12-22(13-11-21)16-25-17-24(14-15-26(25)31)28-19(2)20(3)29-27(33-28)18-32-30(34-29)23-8-6-5-7-9-23/h5-15,17,19-20,27-30H,4,16,18H2,1-3H3. The summed E-state index contributed by atoms with van der Waals surface area (Å²) in [5.74, 6) is 0.633. The molecule has 4 heteroatoms. The van der Waals surface area contributed by atoms with Crippen LogP contribution in [0, 0.1) is 11.8 Å². The van der Waals surface area contributed by atoms with Gasteiger partial charge in [-0.25, -0.2) is 0 Å². The molecule has 5 rings (SSSR count). The molecule has 6 unspecified atom stereocenters. The van der Waals surface area contributed by atoms with E-state index in [9.17, 15) is 0 Å². The summed E-state index contributed by atoms with van der Waals surface area (Å²) in [5.41, 5.74) is 5.98. The van der Waals surface area contributed by atoms with Crippen LogP contribution >= 0.6 is 11.6 Å². The van der Waals surface area contributed by atoms with E-state index in [2.05, 4.69) is 69.3 Å². The van der Waals surface area contributed by atoms with Gasteiger partial charge in [0, 0.05) is 10.6 Å². The van der Waals surface area contributed by atoms with Crippen molar-refractivity contribution in [3.63, 3.8) is 0 Å². The molecule has 2 aliphatic heterocycles. The predicted molar refractivity (Wildman–Crippen MR) is 136 cm³/mol. The Morgan fingerprint density at radius 3 is 2.29 bits per heavy atom.